The van der Waals surface area contributed by atoms with Crippen molar-refractivity contribution in [2.75, 3.05) is 5.75 Å². The van der Waals surface area contributed by atoms with Gasteiger partial charge in [-0.15, -0.1) is 0 Å². The van der Waals surface area contributed by atoms with Crippen LogP contribution < -0.4 is 0 Å². The summed E-state index contributed by atoms with van der Waals surface area (Å²) in [5, 5.41) is 0. The van der Waals surface area contributed by atoms with E-state index < -0.39 is 9.84 Å². The lowest BCUT2D eigenvalue weighted by molar-refractivity contribution is 0.592. The van der Waals surface area contributed by atoms with Gasteiger partial charge in [0.15, 0.2) is 9.84 Å². The largest absolute Gasteiger partial charge is 0.228 e. The normalized spacial score (nSPS) is 16.3. The second kappa shape index (κ2) is 6.19. The fraction of sp³-hybridized carbons (Fsp3) is 0.467. The third-order valence-electron chi connectivity index (χ3n) is 3.35. The number of hydrogen-bond donors (Lipinski definition) is 0. The van der Waals surface area contributed by atoms with Gasteiger partial charge in [-0.2, -0.15) is 0 Å². The van der Waals surface area contributed by atoms with Crippen LogP contribution in [-0.2, 0) is 15.6 Å². The van der Waals surface area contributed by atoms with Crippen molar-refractivity contribution in [2.45, 2.75) is 37.9 Å². The Labute approximate surface area is 110 Å². The van der Waals surface area contributed by atoms with Crippen molar-refractivity contribution < 1.29 is 8.42 Å². The Bertz CT molecular complexity index is 501. The molecule has 98 valence electrons. The van der Waals surface area contributed by atoms with Crippen molar-refractivity contribution in [3.05, 3.63) is 47.5 Å². The van der Waals surface area contributed by atoms with Gasteiger partial charge in [0.2, 0.25) is 0 Å². The molecule has 0 radical (unpaired) electrons. The van der Waals surface area contributed by atoms with Crippen LogP contribution in [0.15, 0.2) is 42.0 Å². The van der Waals surface area contributed by atoms with Gasteiger partial charge < -0.3 is 0 Å². The monoisotopic (exact) mass is 264 g/mol. The van der Waals surface area contributed by atoms with Crippen molar-refractivity contribution in [1.29, 1.82) is 0 Å². The molecule has 0 saturated heterocycles. The van der Waals surface area contributed by atoms with Gasteiger partial charge in [-0.25, -0.2) is 8.42 Å². The summed E-state index contributed by atoms with van der Waals surface area (Å²) in [5.74, 6) is 0.453. The lowest BCUT2D eigenvalue weighted by atomic mass is 9.98. The zero-order valence-corrected chi connectivity index (χ0v) is 11.5. The molecule has 1 aliphatic carbocycles. The maximum atomic E-state index is 12.0. The molecule has 1 aromatic rings. The molecule has 0 bridgehead atoms. The van der Waals surface area contributed by atoms with Crippen LogP contribution in [0.1, 0.15) is 37.7 Å². The van der Waals surface area contributed by atoms with Crippen LogP contribution in [0.25, 0.3) is 0 Å². The van der Waals surface area contributed by atoms with Gasteiger partial charge in [-0.05, 0) is 37.7 Å². The van der Waals surface area contributed by atoms with Crippen LogP contribution >= 0.6 is 0 Å². The van der Waals surface area contributed by atoms with Crippen LogP contribution in [0.5, 0.6) is 0 Å². The topological polar surface area (TPSA) is 34.1 Å². The minimum absolute atomic E-state index is 0.168. The van der Waals surface area contributed by atoms with E-state index in [0.717, 1.165) is 24.8 Å². The average molecular weight is 264 g/mol. The van der Waals surface area contributed by atoms with Crippen LogP contribution in [0.3, 0.4) is 0 Å². The fourth-order valence-corrected chi connectivity index (χ4v) is 3.74. The summed E-state index contributed by atoms with van der Waals surface area (Å²) in [6.45, 7) is 0. The summed E-state index contributed by atoms with van der Waals surface area (Å²) >= 11 is 0. The summed E-state index contributed by atoms with van der Waals surface area (Å²) in [7, 11) is -2.97. The van der Waals surface area contributed by atoms with Crippen molar-refractivity contribution in [3.63, 3.8) is 0 Å². The predicted molar refractivity (Wildman–Crippen MR) is 75.1 cm³/mol. The summed E-state index contributed by atoms with van der Waals surface area (Å²) < 4.78 is 24.0. The molecular weight excluding hydrogens is 244 g/mol. The molecule has 0 amide bonds. The first-order valence-corrected chi connectivity index (χ1v) is 8.40. The molecular formula is C15H20O2S. The van der Waals surface area contributed by atoms with Crippen molar-refractivity contribution in [1.82, 2.24) is 0 Å². The number of rotatable bonds is 5. The zero-order chi connectivity index (χ0) is 12.8. The van der Waals surface area contributed by atoms with Gasteiger partial charge >= 0.3 is 0 Å². The molecule has 0 aromatic heterocycles. The smallest absolute Gasteiger partial charge is 0.154 e. The Morgan fingerprint density at radius 1 is 1.06 bits per heavy atom. The maximum Gasteiger partial charge on any atom is 0.154 e. The van der Waals surface area contributed by atoms with Gasteiger partial charge in [0.05, 0.1) is 11.5 Å². The number of hydrogen-bond acceptors (Lipinski definition) is 2. The Kier molecular flexibility index (Phi) is 4.59. The SMILES string of the molecule is O=S(=O)(CCC1=CCCCC1)Cc1ccccc1. The number of allylic oxidation sites excluding steroid dienone is 2. The molecule has 2 nitrogen and oxygen atoms in total. The van der Waals surface area contributed by atoms with E-state index in [1.165, 1.54) is 18.4 Å². The third-order valence-corrected chi connectivity index (χ3v) is 4.95. The van der Waals surface area contributed by atoms with E-state index in [-0.39, 0.29) is 11.5 Å². The highest BCUT2D eigenvalue weighted by atomic mass is 32.2. The molecule has 0 atom stereocenters. The lowest BCUT2D eigenvalue weighted by Gasteiger charge is -2.12. The average Bonchev–Trinajstić information content (AvgIpc) is 2.38. The zero-order valence-electron chi connectivity index (χ0n) is 10.6. The van der Waals surface area contributed by atoms with Gasteiger partial charge in [0.25, 0.3) is 0 Å². The second-order valence-electron chi connectivity index (χ2n) is 4.94. The van der Waals surface area contributed by atoms with E-state index in [1.807, 2.05) is 30.3 Å². The van der Waals surface area contributed by atoms with Gasteiger partial charge in [-0.1, -0.05) is 42.0 Å². The Balaban J connectivity index is 1.89. The Morgan fingerprint density at radius 3 is 2.50 bits per heavy atom. The molecule has 2 rings (SSSR count). The first-order chi connectivity index (χ1) is 8.66. The van der Waals surface area contributed by atoms with Crippen molar-refractivity contribution >= 4 is 9.84 Å². The molecule has 1 aliphatic rings. The highest BCUT2D eigenvalue weighted by Gasteiger charge is 2.13. The molecule has 0 fully saturated rings. The highest BCUT2D eigenvalue weighted by Crippen LogP contribution is 2.21. The molecule has 0 spiro atoms. The summed E-state index contributed by atoms with van der Waals surface area (Å²) in [5.41, 5.74) is 2.22. The van der Waals surface area contributed by atoms with Gasteiger partial charge in [0.1, 0.15) is 0 Å². The van der Waals surface area contributed by atoms with Gasteiger partial charge in [0, 0.05) is 0 Å². The fourth-order valence-electron chi connectivity index (χ4n) is 2.32. The van der Waals surface area contributed by atoms with Crippen molar-refractivity contribution in [3.8, 4) is 0 Å². The molecule has 0 unspecified atom stereocenters. The van der Waals surface area contributed by atoms with E-state index >= 15 is 0 Å². The van der Waals surface area contributed by atoms with Gasteiger partial charge in [-0.3, -0.25) is 0 Å². The van der Waals surface area contributed by atoms with E-state index in [4.69, 9.17) is 0 Å². The molecule has 0 heterocycles. The minimum atomic E-state index is -2.97. The summed E-state index contributed by atoms with van der Waals surface area (Å²) in [6, 6.07) is 9.42. The third kappa shape index (κ3) is 4.30. The van der Waals surface area contributed by atoms with E-state index in [1.54, 1.807) is 0 Å². The number of benzene rings is 1. The second-order valence-corrected chi connectivity index (χ2v) is 7.12. The van der Waals surface area contributed by atoms with Crippen LogP contribution in [0.2, 0.25) is 0 Å². The lowest BCUT2D eigenvalue weighted by Crippen LogP contribution is -2.10. The maximum absolute atomic E-state index is 12.0. The predicted octanol–water partition coefficient (Wildman–Crippen LogP) is 3.49. The number of sulfone groups is 1. The quantitative estimate of drug-likeness (QED) is 0.763. The van der Waals surface area contributed by atoms with Crippen molar-refractivity contribution in [2.24, 2.45) is 0 Å². The minimum Gasteiger partial charge on any atom is -0.228 e. The molecule has 0 N–H and O–H groups in total. The highest BCUT2D eigenvalue weighted by molar-refractivity contribution is 7.90. The first-order valence-electron chi connectivity index (χ1n) is 6.58. The Morgan fingerprint density at radius 2 is 1.83 bits per heavy atom. The summed E-state index contributed by atoms with van der Waals surface area (Å²) in [6.07, 6.45) is 7.61. The Hall–Kier alpha value is -1.09. The molecule has 18 heavy (non-hydrogen) atoms. The van der Waals surface area contributed by atoms with Crippen LogP contribution in [0, 0.1) is 0 Å². The molecule has 0 aliphatic heterocycles. The summed E-state index contributed by atoms with van der Waals surface area (Å²) in [4.78, 5) is 0. The van der Waals surface area contributed by atoms with E-state index in [2.05, 4.69) is 6.08 Å². The standard InChI is InChI=1S/C15H20O2S/c16-18(17,13-15-9-5-2-6-10-15)12-11-14-7-3-1-4-8-14/h2,5-7,9-10H,1,3-4,8,11-13H2. The molecule has 1 aromatic carbocycles. The first kappa shape index (κ1) is 13.3. The van der Waals surface area contributed by atoms with Crippen LogP contribution in [-0.4, -0.2) is 14.2 Å². The van der Waals surface area contributed by atoms with Crippen LogP contribution in [0.4, 0.5) is 0 Å². The molecule has 0 saturated carbocycles. The molecule has 3 heteroatoms. The van der Waals surface area contributed by atoms with E-state index in [0.29, 0.717) is 0 Å². The van der Waals surface area contributed by atoms with E-state index in [9.17, 15) is 8.42 Å².